The number of fused-ring (bicyclic) bond motifs is 1. The first kappa shape index (κ1) is 16.6. The standard InChI is InChI=1S/C20H22N4O2/c25-20(26-13-14-6-2-1-3-7-14)22-16-10-15(11-16)21-12-19-23-17-8-4-5-9-18(17)24-19/h1-9,15-16,21H,10-13H2,(H,22,25)(H,23,24). The number of carbonyl (C=O) groups excluding carboxylic acids is 1. The van der Waals surface area contributed by atoms with Gasteiger partial charge in [0.2, 0.25) is 0 Å². The fourth-order valence-electron chi connectivity index (χ4n) is 3.16. The van der Waals surface area contributed by atoms with Crippen molar-refractivity contribution in [1.29, 1.82) is 0 Å². The van der Waals surface area contributed by atoms with Crippen LogP contribution in [0.15, 0.2) is 54.6 Å². The summed E-state index contributed by atoms with van der Waals surface area (Å²) in [5.41, 5.74) is 3.03. The molecule has 3 aromatic rings. The number of para-hydroxylation sites is 2. The Morgan fingerprint density at radius 1 is 1.08 bits per heavy atom. The minimum atomic E-state index is -0.352. The molecule has 0 spiro atoms. The number of benzene rings is 2. The van der Waals surface area contributed by atoms with Crippen molar-refractivity contribution >= 4 is 17.1 Å². The lowest BCUT2D eigenvalue weighted by Gasteiger charge is -2.35. The number of H-pyrrole nitrogens is 1. The molecule has 0 radical (unpaired) electrons. The zero-order chi connectivity index (χ0) is 17.8. The number of amides is 1. The molecule has 2 aromatic carbocycles. The second kappa shape index (κ2) is 7.58. The quantitative estimate of drug-likeness (QED) is 0.638. The minimum Gasteiger partial charge on any atom is -0.445 e. The van der Waals surface area contributed by atoms with E-state index in [-0.39, 0.29) is 12.1 Å². The van der Waals surface area contributed by atoms with E-state index in [9.17, 15) is 4.79 Å². The normalized spacial score (nSPS) is 19.1. The molecule has 0 saturated heterocycles. The lowest BCUT2D eigenvalue weighted by molar-refractivity contribution is 0.125. The summed E-state index contributed by atoms with van der Waals surface area (Å²) in [6.45, 7) is 0.998. The van der Waals surface area contributed by atoms with E-state index < -0.39 is 0 Å². The van der Waals surface area contributed by atoms with Crippen LogP contribution in [0.3, 0.4) is 0 Å². The first-order valence-electron chi connectivity index (χ1n) is 8.90. The van der Waals surface area contributed by atoms with Gasteiger partial charge in [-0.2, -0.15) is 0 Å². The molecular formula is C20H22N4O2. The van der Waals surface area contributed by atoms with Gasteiger partial charge in [-0.15, -0.1) is 0 Å². The summed E-state index contributed by atoms with van der Waals surface area (Å²) in [4.78, 5) is 19.7. The van der Waals surface area contributed by atoms with E-state index in [2.05, 4.69) is 20.6 Å². The molecule has 1 heterocycles. The van der Waals surface area contributed by atoms with Crippen molar-refractivity contribution in [1.82, 2.24) is 20.6 Å². The van der Waals surface area contributed by atoms with Crippen molar-refractivity contribution in [3.05, 3.63) is 66.0 Å². The SMILES string of the molecule is O=C(NC1CC(NCc2nc3ccccc3[nH]2)C1)OCc1ccccc1. The number of nitrogens with one attached hydrogen (secondary N) is 3. The van der Waals surface area contributed by atoms with E-state index in [1.165, 1.54) is 0 Å². The maximum absolute atomic E-state index is 11.8. The number of aromatic amines is 1. The zero-order valence-electron chi connectivity index (χ0n) is 14.4. The third-order valence-electron chi connectivity index (χ3n) is 4.67. The van der Waals surface area contributed by atoms with E-state index in [0.717, 1.165) is 35.3 Å². The Bertz CT molecular complexity index is 839. The molecule has 134 valence electrons. The first-order chi connectivity index (χ1) is 12.8. The van der Waals surface area contributed by atoms with Crippen molar-refractivity contribution in [2.24, 2.45) is 0 Å². The van der Waals surface area contributed by atoms with Gasteiger partial charge in [-0.25, -0.2) is 9.78 Å². The molecule has 1 fully saturated rings. The highest BCUT2D eigenvalue weighted by Crippen LogP contribution is 2.21. The number of nitrogens with zero attached hydrogens (tertiary/aromatic N) is 1. The lowest BCUT2D eigenvalue weighted by atomic mass is 9.87. The largest absolute Gasteiger partial charge is 0.445 e. The van der Waals surface area contributed by atoms with Crippen LogP contribution in [0.25, 0.3) is 11.0 Å². The molecule has 0 bridgehead atoms. The molecule has 6 nitrogen and oxygen atoms in total. The maximum atomic E-state index is 11.8. The monoisotopic (exact) mass is 350 g/mol. The van der Waals surface area contributed by atoms with Gasteiger partial charge in [0.25, 0.3) is 0 Å². The van der Waals surface area contributed by atoms with E-state index in [1.807, 2.05) is 54.6 Å². The predicted molar refractivity (Wildman–Crippen MR) is 99.5 cm³/mol. The number of aromatic nitrogens is 2. The summed E-state index contributed by atoms with van der Waals surface area (Å²) in [6, 6.07) is 18.3. The number of ether oxygens (including phenoxy) is 1. The summed E-state index contributed by atoms with van der Waals surface area (Å²) in [6.07, 6.45) is 1.45. The Balaban J connectivity index is 1.15. The molecule has 0 unspecified atom stereocenters. The van der Waals surface area contributed by atoms with Crippen LogP contribution in [0, 0.1) is 0 Å². The zero-order valence-corrected chi connectivity index (χ0v) is 14.4. The molecule has 1 amide bonds. The molecule has 1 aliphatic carbocycles. The van der Waals surface area contributed by atoms with E-state index in [1.54, 1.807) is 0 Å². The number of alkyl carbamates (subject to hydrolysis) is 1. The van der Waals surface area contributed by atoms with Gasteiger partial charge in [0, 0.05) is 12.1 Å². The third kappa shape index (κ3) is 4.03. The Kier molecular flexibility index (Phi) is 4.84. The molecule has 1 saturated carbocycles. The van der Waals surface area contributed by atoms with E-state index >= 15 is 0 Å². The van der Waals surface area contributed by atoms with Crippen molar-refractivity contribution in [2.45, 2.75) is 38.1 Å². The number of rotatable bonds is 6. The van der Waals surface area contributed by atoms with Gasteiger partial charge in [-0.05, 0) is 30.5 Å². The summed E-state index contributed by atoms with van der Waals surface area (Å²) in [7, 11) is 0. The van der Waals surface area contributed by atoms with Crippen LogP contribution in [0.2, 0.25) is 0 Å². The summed E-state index contributed by atoms with van der Waals surface area (Å²) >= 11 is 0. The average Bonchev–Trinajstić information content (AvgIpc) is 3.05. The van der Waals surface area contributed by atoms with Gasteiger partial charge in [0.05, 0.1) is 17.6 Å². The summed E-state index contributed by atoms with van der Waals surface area (Å²) < 4.78 is 5.25. The number of carbonyl (C=O) groups is 1. The average molecular weight is 350 g/mol. The lowest BCUT2D eigenvalue weighted by Crippen LogP contribution is -2.52. The molecular weight excluding hydrogens is 328 g/mol. The minimum absolute atomic E-state index is 0.173. The molecule has 4 rings (SSSR count). The van der Waals surface area contributed by atoms with E-state index in [0.29, 0.717) is 19.2 Å². The van der Waals surface area contributed by atoms with Crippen LogP contribution >= 0.6 is 0 Å². The van der Waals surface area contributed by atoms with Gasteiger partial charge in [0.1, 0.15) is 12.4 Å². The highest BCUT2D eigenvalue weighted by atomic mass is 16.5. The van der Waals surface area contributed by atoms with Crippen LogP contribution < -0.4 is 10.6 Å². The number of hydrogen-bond acceptors (Lipinski definition) is 4. The summed E-state index contributed by atoms with van der Waals surface area (Å²) in [5, 5.41) is 6.38. The van der Waals surface area contributed by atoms with Crippen LogP contribution in [0.1, 0.15) is 24.2 Å². The molecule has 6 heteroatoms. The highest BCUT2D eigenvalue weighted by molar-refractivity contribution is 5.74. The Morgan fingerprint density at radius 3 is 2.65 bits per heavy atom. The molecule has 0 aliphatic heterocycles. The van der Waals surface area contributed by atoms with Crippen LogP contribution in [-0.4, -0.2) is 28.1 Å². The second-order valence-electron chi connectivity index (χ2n) is 6.65. The Hall–Kier alpha value is -2.86. The van der Waals surface area contributed by atoms with E-state index in [4.69, 9.17) is 4.74 Å². The van der Waals surface area contributed by atoms with Crippen molar-refractivity contribution in [3.8, 4) is 0 Å². The topological polar surface area (TPSA) is 79.0 Å². The van der Waals surface area contributed by atoms with Crippen LogP contribution in [0.5, 0.6) is 0 Å². The molecule has 1 aliphatic rings. The first-order valence-corrected chi connectivity index (χ1v) is 8.90. The Morgan fingerprint density at radius 2 is 1.85 bits per heavy atom. The highest BCUT2D eigenvalue weighted by Gasteiger charge is 2.30. The van der Waals surface area contributed by atoms with Gasteiger partial charge in [-0.3, -0.25) is 0 Å². The second-order valence-corrected chi connectivity index (χ2v) is 6.65. The summed E-state index contributed by atoms with van der Waals surface area (Å²) in [5.74, 6) is 0.935. The fourth-order valence-corrected chi connectivity index (χ4v) is 3.16. The third-order valence-corrected chi connectivity index (χ3v) is 4.67. The van der Waals surface area contributed by atoms with Gasteiger partial charge >= 0.3 is 6.09 Å². The maximum Gasteiger partial charge on any atom is 0.407 e. The smallest absolute Gasteiger partial charge is 0.407 e. The van der Waals surface area contributed by atoms with Crippen LogP contribution in [-0.2, 0) is 17.9 Å². The Labute approximate surface area is 152 Å². The number of imidazole rings is 1. The molecule has 1 aromatic heterocycles. The van der Waals surface area contributed by atoms with Gasteiger partial charge in [0.15, 0.2) is 0 Å². The molecule has 0 atom stereocenters. The number of hydrogen-bond donors (Lipinski definition) is 3. The van der Waals surface area contributed by atoms with Gasteiger partial charge in [-0.1, -0.05) is 42.5 Å². The van der Waals surface area contributed by atoms with Crippen molar-refractivity contribution in [2.75, 3.05) is 0 Å². The van der Waals surface area contributed by atoms with Crippen LogP contribution in [0.4, 0.5) is 4.79 Å². The fraction of sp³-hybridized carbons (Fsp3) is 0.300. The molecule has 26 heavy (non-hydrogen) atoms. The van der Waals surface area contributed by atoms with Crippen molar-refractivity contribution in [3.63, 3.8) is 0 Å². The molecule has 3 N–H and O–H groups in total. The van der Waals surface area contributed by atoms with Crippen molar-refractivity contribution < 1.29 is 9.53 Å². The van der Waals surface area contributed by atoms with Gasteiger partial charge < -0.3 is 20.4 Å². The predicted octanol–water partition coefficient (Wildman–Crippen LogP) is 3.11.